The number of aromatic nitrogens is 1. The molecule has 160 valence electrons. The molecule has 0 aliphatic rings. The SMILES string of the molecule is Cc1ccc(C(=O)NC(=Cc2cn(C)c3ccccc23)C(=O)NCc2ccccc2)cc1. The molecule has 4 rings (SSSR count). The van der Waals surface area contributed by atoms with Gasteiger partial charge in [0.05, 0.1) is 0 Å². The van der Waals surface area contributed by atoms with Crippen LogP contribution in [-0.2, 0) is 18.4 Å². The van der Waals surface area contributed by atoms with E-state index in [9.17, 15) is 9.59 Å². The quantitative estimate of drug-likeness (QED) is 0.446. The Morgan fingerprint density at radius 3 is 2.34 bits per heavy atom. The Kier molecular flexibility index (Phi) is 6.17. The molecule has 0 radical (unpaired) electrons. The van der Waals surface area contributed by atoms with Crippen molar-refractivity contribution in [2.75, 3.05) is 0 Å². The average Bonchev–Trinajstić information content (AvgIpc) is 3.13. The van der Waals surface area contributed by atoms with E-state index in [-0.39, 0.29) is 17.5 Å². The van der Waals surface area contributed by atoms with Crippen molar-refractivity contribution in [1.82, 2.24) is 15.2 Å². The molecule has 0 atom stereocenters. The van der Waals surface area contributed by atoms with Gasteiger partial charge in [0.25, 0.3) is 11.8 Å². The highest BCUT2D eigenvalue weighted by Gasteiger charge is 2.16. The number of hydrogen-bond donors (Lipinski definition) is 2. The number of carbonyl (C=O) groups excluding carboxylic acids is 2. The zero-order valence-corrected chi connectivity index (χ0v) is 18.1. The Balaban J connectivity index is 1.65. The number of amides is 2. The van der Waals surface area contributed by atoms with E-state index in [4.69, 9.17) is 0 Å². The number of benzene rings is 3. The summed E-state index contributed by atoms with van der Waals surface area (Å²) in [4.78, 5) is 26.0. The second kappa shape index (κ2) is 9.35. The summed E-state index contributed by atoms with van der Waals surface area (Å²) in [5.74, 6) is -0.673. The lowest BCUT2D eigenvalue weighted by Crippen LogP contribution is -2.34. The largest absolute Gasteiger partial charge is 0.350 e. The number of nitrogens with one attached hydrogen (secondary N) is 2. The highest BCUT2D eigenvalue weighted by Crippen LogP contribution is 2.22. The second-order valence-electron chi connectivity index (χ2n) is 7.76. The van der Waals surface area contributed by atoms with Crippen LogP contribution in [0.5, 0.6) is 0 Å². The molecular formula is C27H25N3O2. The van der Waals surface area contributed by atoms with Crippen LogP contribution in [0.25, 0.3) is 17.0 Å². The van der Waals surface area contributed by atoms with Gasteiger partial charge in [-0.25, -0.2) is 0 Å². The first-order chi connectivity index (χ1) is 15.5. The van der Waals surface area contributed by atoms with Crippen LogP contribution in [0.4, 0.5) is 0 Å². The first-order valence-electron chi connectivity index (χ1n) is 10.5. The van der Waals surface area contributed by atoms with Gasteiger partial charge in [0.15, 0.2) is 0 Å². The minimum absolute atomic E-state index is 0.197. The van der Waals surface area contributed by atoms with Crippen LogP contribution in [0.2, 0.25) is 0 Å². The first-order valence-corrected chi connectivity index (χ1v) is 10.5. The molecular weight excluding hydrogens is 398 g/mol. The minimum atomic E-state index is -0.345. The smallest absolute Gasteiger partial charge is 0.268 e. The number of nitrogens with zero attached hydrogens (tertiary/aromatic N) is 1. The molecule has 0 aliphatic carbocycles. The van der Waals surface area contributed by atoms with Crippen molar-refractivity contribution in [2.24, 2.45) is 7.05 Å². The molecule has 1 heterocycles. The summed E-state index contributed by atoms with van der Waals surface area (Å²) in [7, 11) is 1.96. The number of hydrogen-bond acceptors (Lipinski definition) is 2. The number of carbonyl (C=O) groups is 2. The summed E-state index contributed by atoms with van der Waals surface area (Å²) in [6, 6.07) is 24.9. The molecule has 32 heavy (non-hydrogen) atoms. The van der Waals surface area contributed by atoms with Gasteiger partial charge in [-0.3, -0.25) is 9.59 Å². The molecule has 5 heteroatoms. The molecule has 0 aliphatic heterocycles. The van der Waals surface area contributed by atoms with Crippen molar-refractivity contribution in [3.8, 4) is 0 Å². The summed E-state index contributed by atoms with van der Waals surface area (Å²) in [5.41, 5.74) is 4.65. The third kappa shape index (κ3) is 4.78. The maximum atomic E-state index is 13.1. The molecule has 2 N–H and O–H groups in total. The minimum Gasteiger partial charge on any atom is -0.350 e. The van der Waals surface area contributed by atoms with Gasteiger partial charge in [-0.1, -0.05) is 66.2 Å². The van der Waals surface area contributed by atoms with Gasteiger partial charge in [-0.05, 0) is 36.8 Å². The van der Waals surface area contributed by atoms with Gasteiger partial charge >= 0.3 is 0 Å². The number of aryl methyl sites for hydroxylation is 2. The van der Waals surface area contributed by atoms with Gasteiger partial charge in [-0.15, -0.1) is 0 Å². The molecule has 2 amide bonds. The third-order valence-electron chi connectivity index (χ3n) is 5.33. The normalized spacial score (nSPS) is 11.4. The van der Waals surface area contributed by atoms with Crippen molar-refractivity contribution in [1.29, 1.82) is 0 Å². The number of para-hydroxylation sites is 1. The molecule has 0 fully saturated rings. The molecule has 0 spiro atoms. The Labute approximate surface area is 187 Å². The van der Waals surface area contributed by atoms with Crippen LogP contribution in [0, 0.1) is 6.92 Å². The lowest BCUT2D eigenvalue weighted by molar-refractivity contribution is -0.117. The highest BCUT2D eigenvalue weighted by atomic mass is 16.2. The van der Waals surface area contributed by atoms with Crippen LogP contribution < -0.4 is 10.6 Å². The zero-order chi connectivity index (χ0) is 22.5. The van der Waals surface area contributed by atoms with E-state index in [1.807, 2.05) is 91.5 Å². The van der Waals surface area contributed by atoms with E-state index in [1.165, 1.54) is 0 Å². The van der Waals surface area contributed by atoms with E-state index >= 15 is 0 Å². The topological polar surface area (TPSA) is 63.1 Å². The van der Waals surface area contributed by atoms with Gasteiger partial charge in [0.1, 0.15) is 5.70 Å². The second-order valence-corrected chi connectivity index (χ2v) is 7.76. The Hall–Kier alpha value is -4.12. The van der Waals surface area contributed by atoms with Crippen LogP contribution in [0.1, 0.15) is 27.0 Å². The summed E-state index contributed by atoms with van der Waals surface area (Å²) < 4.78 is 2.00. The molecule has 0 bridgehead atoms. The monoisotopic (exact) mass is 423 g/mol. The predicted molar refractivity (Wildman–Crippen MR) is 128 cm³/mol. The van der Waals surface area contributed by atoms with E-state index in [1.54, 1.807) is 18.2 Å². The van der Waals surface area contributed by atoms with Gasteiger partial charge in [-0.2, -0.15) is 0 Å². The lowest BCUT2D eigenvalue weighted by atomic mass is 10.1. The summed E-state index contributed by atoms with van der Waals surface area (Å²) in [6.45, 7) is 2.33. The van der Waals surface area contributed by atoms with Crippen LogP contribution in [0.3, 0.4) is 0 Å². The molecule has 5 nitrogen and oxygen atoms in total. The fourth-order valence-electron chi connectivity index (χ4n) is 3.57. The molecule has 3 aromatic carbocycles. The highest BCUT2D eigenvalue weighted by molar-refractivity contribution is 6.06. The lowest BCUT2D eigenvalue weighted by Gasteiger charge is -2.11. The maximum Gasteiger partial charge on any atom is 0.268 e. The summed E-state index contributed by atoms with van der Waals surface area (Å²) in [6.07, 6.45) is 3.68. The zero-order valence-electron chi connectivity index (χ0n) is 18.1. The van der Waals surface area contributed by atoms with Gasteiger partial charge in [0, 0.05) is 41.8 Å². The predicted octanol–water partition coefficient (Wildman–Crippen LogP) is 4.57. The van der Waals surface area contributed by atoms with Crippen molar-refractivity contribution >= 4 is 28.8 Å². The molecule has 0 saturated heterocycles. The molecule has 0 saturated carbocycles. The Bertz CT molecular complexity index is 1290. The Morgan fingerprint density at radius 1 is 0.906 bits per heavy atom. The summed E-state index contributed by atoms with van der Waals surface area (Å²) >= 11 is 0. The van der Waals surface area contributed by atoms with E-state index in [0.29, 0.717) is 12.1 Å². The van der Waals surface area contributed by atoms with E-state index in [2.05, 4.69) is 10.6 Å². The van der Waals surface area contributed by atoms with Crippen molar-refractivity contribution in [2.45, 2.75) is 13.5 Å². The Morgan fingerprint density at radius 2 is 1.59 bits per heavy atom. The maximum absolute atomic E-state index is 13.1. The van der Waals surface area contributed by atoms with Crippen LogP contribution >= 0.6 is 0 Å². The van der Waals surface area contributed by atoms with Crippen LogP contribution in [0.15, 0.2) is 90.8 Å². The fraction of sp³-hybridized carbons (Fsp3) is 0.111. The first kappa shape index (κ1) is 21.1. The average molecular weight is 424 g/mol. The molecule has 1 aromatic heterocycles. The number of fused-ring (bicyclic) bond motifs is 1. The van der Waals surface area contributed by atoms with E-state index in [0.717, 1.165) is 27.6 Å². The molecule has 4 aromatic rings. The van der Waals surface area contributed by atoms with Crippen LogP contribution in [-0.4, -0.2) is 16.4 Å². The fourth-order valence-corrected chi connectivity index (χ4v) is 3.57. The van der Waals surface area contributed by atoms with Crippen molar-refractivity contribution < 1.29 is 9.59 Å². The standard InChI is InChI=1S/C27H25N3O2/c1-19-12-14-21(15-13-19)26(31)29-24(27(32)28-17-20-8-4-3-5-9-20)16-22-18-30(2)25-11-7-6-10-23(22)25/h3-16,18H,17H2,1-2H3,(H,28,32)(H,29,31). The third-order valence-corrected chi connectivity index (χ3v) is 5.33. The van der Waals surface area contributed by atoms with Gasteiger partial charge in [0.2, 0.25) is 0 Å². The number of rotatable bonds is 6. The molecule has 0 unspecified atom stereocenters. The van der Waals surface area contributed by atoms with Crippen molar-refractivity contribution in [3.05, 3.63) is 113 Å². The van der Waals surface area contributed by atoms with Crippen molar-refractivity contribution in [3.63, 3.8) is 0 Å². The van der Waals surface area contributed by atoms with Gasteiger partial charge < -0.3 is 15.2 Å². The summed E-state index contributed by atoms with van der Waals surface area (Å²) in [5, 5.41) is 6.73. The van der Waals surface area contributed by atoms with E-state index < -0.39 is 0 Å².